The van der Waals surface area contributed by atoms with Crippen LogP contribution in [0.5, 0.6) is 11.5 Å². The van der Waals surface area contributed by atoms with Gasteiger partial charge in [-0.15, -0.1) is 0 Å². The SMILES string of the molecule is COc1ccc(CCNC(=O)/C(C#N)=C\NCc2ccc(C(=O)O)cc2)cc1OC. The second-order valence-corrected chi connectivity index (χ2v) is 6.25. The third kappa shape index (κ3) is 6.27. The standard InChI is InChI=1S/C22H23N3O5/c1-29-19-8-5-15(11-20(19)30-2)9-10-25-21(26)18(12-23)14-24-13-16-3-6-17(7-4-16)22(27)28/h3-8,11,14,24H,9-10,13H2,1-2H3,(H,25,26)(H,27,28)/b18-14-. The van der Waals surface area contributed by atoms with Crippen LogP contribution in [0.1, 0.15) is 21.5 Å². The van der Waals surface area contributed by atoms with Gasteiger partial charge in [0.2, 0.25) is 0 Å². The highest BCUT2D eigenvalue weighted by atomic mass is 16.5. The fraction of sp³-hybridized carbons (Fsp3) is 0.227. The predicted octanol–water partition coefficient (Wildman–Crippen LogP) is 2.26. The Hall–Kier alpha value is -3.99. The van der Waals surface area contributed by atoms with Crippen molar-refractivity contribution < 1.29 is 24.2 Å². The molecule has 0 fully saturated rings. The number of nitriles is 1. The second-order valence-electron chi connectivity index (χ2n) is 6.25. The van der Waals surface area contributed by atoms with Crippen molar-refractivity contribution in [3.8, 4) is 17.6 Å². The number of hydrogen-bond acceptors (Lipinski definition) is 6. The zero-order valence-corrected chi connectivity index (χ0v) is 16.8. The minimum absolute atomic E-state index is 0.0514. The van der Waals surface area contributed by atoms with Gasteiger partial charge < -0.3 is 25.2 Å². The molecule has 2 aromatic carbocycles. The Bertz CT molecular complexity index is 962. The quantitative estimate of drug-likeness (QED) is 0.406. The van der Waals surface area contributed by atoms with Crippen LogP contribution in [0.3, 0.4) is 0 Å². The summed E-state index contributed by atoms with van der Waals surface area (Å²) in [6.07, 6.45) is 1.91. The molecular weight excluding hydrogens is 386 g/mol. The molecule has 156 valence electrons. The molecule has 0 radical (unpaired) electrons. The lowest BCUT2D eigenvalue weighted by Crippen LogP contribution is -2.27. The van der Waals surface area contributed by atoms with Crippen molar-refractivity contribution in [3.63, 3.8) is 0 Å². The molecule has 0 bridgehead atoms. The number of carboxylic acid groups (broad SMARTS) is 1. The van der Waals surface area contributed by atoms with Gasteiger partial charge in [-0.05, 0) is 41.8 Å². The second kappa shape index (κ2) is 11.1. The normalized spacial score (nSPS) is 10.6. The molecule has 30 heavy (non-hydrogen) atoms. The van der Waals surface area contributed by atoms with Gasteiger partial charge in [0.15, 0.2) is 11.5 Å². The van der Waals surface area contributed by atoms with Crippen molar-refractivity contribution in [1.82, 2.24) is 10.6 Å². The molecule has 8 nitrogen and oxygen atoms in total. The number of carboxylic acids is 1. The molecule has 0 saturated carbocycles. The first kappa shape index (κ1) is 22.3. The minimum atomic E-state index is -0.995. The summed E-state index contributed by atoms with van der Waals surface area (Å²) in [7, 11) is 3.12. The largest absolute Gasteiger partial charge is 0.493 e. The molecular formula is C22H23N3O5. The van der Waals surface area contributed by atoms with Crippen molar-refractivity contribution in [1.29, 1.82) is 5.26 Å². The van der Waals surface area contributed by atoms with Crippen LogP contribution in [0.4, 0.5) is 0 Å². The van der Waals surface area contributed by atoms with E-state index in [0.717, 1.165) is 11.1 Å². The summed E-state index contributed by atoms with van der Waals surface area (Å²) < 4.78 is 10.5. The third-order valence-corrected chi connectivity index (χ3v) is 4.27. The van der Waals surface area contributed by atoms with Gasteiger partial charge in [-0.3, -0.25) is 4.79 Å². The Labute approximate surface area is 174 Å². The zero-order chi connectivity index (χ0) is 21.9. The van der Waals surface area contributed by atoms with Crippen LogP contribution in [0.15, 0.2) is 54.2 Å². The number of amides is 1. The number of methoxy groups -OCH3 is 2. The van der Waals surface area contributed by atoms with E-state index in [4.69, 9.17) is 14.6 Å². The van der Waals surface area contributed by atoms with Crippen LogP contribution in [0, 0.1) is 11.3 Å². The fourth-order valence-electron chi connectivity index (χ4n) is 2.64. The Morgan fingerprint density at radius 2 is 1.73 bits per heavy atom. The van der Waals surface area contributed by atoms with E-state index in [2.05, 4.69) is 10.6 Å². The molecule has 3 N–H and O–H groups in total. The summed E-state index contributed by atoms with van der Waals surface area (Å²) in [5.41, 5.74) is 1.92. The predicted molar refractivity (Wildman–Crippen MR) is 110 cm³/mol. The molecule has 0 heterocycles. The zero-order valence-electron chi connectivity index (χ0n) is 16.8. The average Bonchev–Trinajstić information content (AvgIpc) is 2.76. The van der Waals surface area contributed by atoms with Gasteiger partial charge in [0.05, 0.1) is 19.8 Å². The summed E-state index contributed by atoms with van der Waals surface area (Å²) in [6.45, 7) is 0.702. The molecule has 0 aliphatic rings. The number of aromatic carboxylic acids is 1. The van der Waals surface area contributed by atoms with Crippen molar-refractivity contribution >= 4 is 11.9 Å². The van der Waals surface area contributed by atoms with Gasteiger partial charge in [0, 0.05) is 19.3 Å². The molecule has 0 aliphatic carbocycles. The van der Waals surface area contributed by atoms with Crippen LogP contribution < -0.4 is 20.1 Å². The van der Waals surface area contributed by atoms with E-state index < -0.39 is 11.9 Å². The van der Waals surface area contributed by atoms with E-state index in [0.29, 0.717) is 31.0 Å². The summed E-state index contributed by atoms with van der Waals surface area (Å²) in [4.78, 5) is 23.0. The van der Waals surface area contributed by atoms with Gasteiger partial charge >= 0.3 is 5.97 Å². The fourth-order valence-corrected chi connectivity index (χ4v) is 2.64. The Kier molecular flexibility index (Phi) is 8.27. The lowest BCUT2D eigenvalue weighted by Gasteiger charge is -2.10. The van der Waals surface area contributed by atoms with E-state index >= 15 is 0 Å². The molecule has 0 aliphatic heterocycles. The maximum absolute atomic E-state index is 12.2. The van der Waals surface area contributed by atoms with E-state index in [9.17, 15) is 14.9 Å². The van der Waals surface area contributed by atoms with E-state index in [-0.39, 0.29) is 11.1 Å². The summed E-state index contributed by atoms with van der Waals surface area (Å²) in [6, 6.07) is 13.7. The number of nitrogens with one attached hydrogen (secondary N) is 2. The van der Waals surface area contributed by atoms with E-state index in [1.165, 1.54) is 18.3 Å². The number of rotatable bonds is 10. The molecule has 8 heteroatoms. The van der Waals surface area contributed by atoms with E-state index in [1.807, 2.05) is 18.2 Å². The number of nitrogens with zero attached hydrogens (tertiary/aromatic N) is 1. The molecule has 0 spiro atoms. The van der Waals surface area contributed by atoms with Gasteiger partial charge in [-0.1, -0.05) is 18.2 Å². The molecule has 0 atom stereocenters. The van der Waals surface area contributed by atoms with Crippen LogP contribution in [0.25, 0.3) is 0 Å². The molecule has 0 aromatic heterocycles. The van der Waals surface area contributed by atoms with Crippen molar-refractivity contribution in [3.05, 3.63) is 70.9 Å². The maximum Gasteiger partial charge on any atom is 0.335 e. The molecule has 2 aromatic rings. The highest BCUT2D eigenvalue weighted by molar-refractivity contribution is 5.97. The molecule has 2 rings (SSSR count). The van der Waals surface area contributed by atoms with Crippen LogP contribution in [-0.4, -0.2) is 37.7 Å². The molecule has 0 saturated heterocycles. The Balaban J connectivity index is 1.85. The van der Waals surface area contributed by atoms with Gasteiger partial charge in [0.1, 0.15) is 11.6 Å². The summed E-state index contributed by atoms with van der Waals surface area (Å²) in [5.74, 6) is -0.235. The molecule has 0 unspecified atom stereocenters. The van der Waals surface area contributed by atoms with Crippen LogP contribution >= 0.6 is 0 Å². The highest BCUT2D eigenvalue weighted by Gasteiger charge is 2.09. The van der Waals surface area contributed by atoms with Crippen molar-refractivity contribution in [2.24, 2.45) is 0 Å². The highest BCUT2D eigenvalue weighted by Crippen LogP contribution is 2.27. The third-order valence-electron chi connectivity index (χ3n) is 4.27. The molecule has 1 amide bonds. The van der Waals surface area contributed by atoms with Crippen LogP contribution in [-0.2, 0) is 17.8 Å². The Morgan fingerprint density at radius 3 is 2.33 bits per heavy atom. The van der Waals surface area contributed by atoms with Crippen LogP contribution in [0.2, 0.25) is 0 Å². The lowest BCUT2D eigenvalue weighted by atomic mass is 10.1. The smallest absolute Gasteiger partial charge is 0.335 e. The first-order valence-electron chi connectivity index (χ1n) is 9.13. The van der Waals surface area contributed by atoms with Gasteiger partial charge in [0.25, 0.3) is 5.91 Å². The first-order chi connectivity index (χ1) is 14.5. The summed E-state index contributed by atoms with van der Waals surface area (Å²) in [5, 5.41) is 23.7. The summed E-state index contributed by atoms with van der Waals surface area (Å²) >= 11 is 0. The number of carbonyl (C=O) groups is 2. The Morgan fingerprint density at radius 1 is 1.07 bits per heavy atom. The lowest BCUT2D eigenvalue weighted by molar-refractivity contribution is -0.117. The number of carbonyl (C=O) groups excluding carboxylic acids is 1. The first-order valence-corrected chi connectivity index (χ1v) is 9.13. The van der Waals surface area contributed by atoms with Gasteiger partial charge in [-0.2, -0.15) is 5.26 Å². The topological polar surface area (TPSA) is 121 Å². The van der Waals surface area contributed by atoms with Crippen molar-refractivity contribution in [2.75, 3.05) is 20.8 Å². The number of benzene rings is 2. The van der Waals surface area contributed by atoms with Crippen molar-refractivity contribution in [2.45, 2.75) is 13.0 Å². The number of ether oxygens (including phenoxy) is 2. The van der Waals surface area contributed by atoms with Gasteiger partial charge in [-0.25, -0.2) is 4.79 Å². The average molecular weight is 409 g/mol. The number of hydrogen-bond donors (Lipinski definition) is 3. The monoisotopic (exact) mass is 409 g/mol. The maximum atomic E-state index is 12.2. The van der Waals surface area contributed by atoms with E-state index in [1.54, 1.807) is 32.4 Å². The minimum Gasteiger partial charge on any atom is -0.493 e.